The van der Waals surface area contributed by atoms with Gasteiger partial charge in [0.1, 0.15) is 0 Å². The van der Waals surface area contributed by atoms with Gasteiger partial charge in [0, 0.05) is 5.69 Å². The number of fused-ring (bicyclic) bond motifs is 2. The summed E-state index contributed by atoms with van der Waals surface area (Å²) in [6.07, 6.45) is -0.229. The molecule has 3 atom stereocenters. The number of carboxylic acids is 1. The van der Waals surface area contributed by atoms with Gasteiger partial charge >= 0.3 is 29.6 Å². The topological polar surface area (TPSA) is 110 Å². The van der Waals surface area contributed by atoms with Crippen LogP contribution in [0.25, 0.3) is 5.57 Å². The van der Waals surface area contributed by atoms with Crippen LogP contribution in [0.2, 0.25) is 0 Å². The van der Waals surface area contributed by atoms with Gasteiger partial charge in [-0.05, 0) is 42.2 Å². The van der Waals surface area contributed by atoms with Crippen LogP contribution in [0.4, 0.5) is 5.69 Å². The van der Waals surface area contributed by atoms with Crippen molar-refractivity contribution in [3.8, 4) is 0 Å². The van der Waals surface area contributed by atoms with Gasteiger partial charge in [0.2, 0.25) is 11.8 Å². The van der Waals surface area contributed by atoms with Gasteiger partial charge in [0.15, 0.2) is 0 Å². The van der Waals surface area contributed by atoms with Crippen molar-refractivity contribution in [3.63, 3.8) is 0 Å². The quantitative estimate of drug-likeness (QED) is 0.430. The van der Waals surface area contributed by atoms with E-state index in [-0.39, 0.29) is 59.5 Å². The molecule has 2 amide bonds. The molecule has 3 aliphatic rings. The number of anilines is 1. The van der Waals surface area contributed by atoms with E-state index in [1.165, 1.54) is 11.8 Å². The first-order chi connectivity index (χ1) is 11.4. The van der Waals surface area contributed by atoms with Crippen LogP contribution in [-0.2, 0) is 20.8 Å². The number of aliphatic carboxylic acids is 1. The fraction of sp³-hybridized carbons (Fsp3) is 0.353. The monoisotopic (exact) mass is 350 g/mol. The molecule has 1 aromatic rings. The summed E-state index contributed by atoms with van der Waals surface area (Å²) in [7, 11) is 0. The second kappa shape index (κ2) is 6.25. The first-order valence-corrected chi connectivity index (χ1v) is 7.77. The van der Waals surface area contributed by atoms with Gasteiger partial charge in [-0.3, -0.25) is 9.59 Å². The fourth-order valence-electron chi connectivity index (χ4n) is 3.93. The summed E-state index contributed by atoms with van der Waals surface area (Å²) in [4.78, 5) is 36.5. The average Bonchev–Trinajstić information content (AvgIpc) is 3.02. The SMILES string of the molecule is C[C@@H](O)[C@H]1C(=O)N2C(C(=O)[O-])=C(c3ccc4c(c3)CC(=O)N4)C[C@H]12.[Na+]. The number of nitrogens with one attached hydrogen (secondary N) is 1. The van der Waals surface area contributed by atoms with E-state index in [0.29, 0.717) is 17.6 Å². The molecule has 1 aromatic carbocycles. The van der Waals surface area contributed by atoms with Crippen molar-refractivity contribution in [1.29, 1.82) is 0 Å². The predicted molar refractivity (Wildman–Crippen MR) is 81.1 cm³/mol. The normalized spacial score (nSPS) is 25.0. The molecule has 1 saturated heterocycles. The maximum atomic E-state index is 12.2. The minimum atomic E-state index is -1.40. The van der Waals surface area contributed by atoms with Crippen LogP contribution in [0.1, 0.15) is 24.5 Å². The van der Waals surface area contributed by atoms with E-state index in [4.69, 9.17) is 0 Å². The van der Waals surface area contributed by atoms with Crippen molar-refractivity contribution in [1.82, 2.24) is 4.90 Å². The van der Waals surface area contributed by atoms with Gasteiger partial charge in [-0.2, -0.15) is 0 Å². The van der Waals surface area contributed by atoms with E-state index in [1.807, 2.05) is 0 Å². The first kappa shape index (κ1) is 18.1. The van der Waals surface area contributed by atoms with Gasteiger partial charge in [-0.15, -0.1) is 0 Å². The second-order valence-electron chi connectivity index (χ2n) is 6.46. The molecule has 3 aliphatic heterocycles. The van der Waals surface area contributed by atoms with Crippen molar-refractivity contribution in [3.05, 3.63) is 35.0 Å². The molecule has 0 spiro atoms. The number of aliphatic hydroxyl groups is 1. The number of rotatable bonds is 3. The summed E-state index contributed by atoms with van der Waals surface area (Å²) in [5.74, 6) is -2.48. The molecule has 25 heavy (non-hydrogen) atoms. The minimum Gasteiger partial charge on any atom is -0.543 e. The largest absolute Gasteiger partial charge is 1.00 e. The molecule has 3 heterocycles. The third-order valence-electron chi connectivity index (χ3n) is 5.00. The summed E-state index contributed by atoms with van der Waals surface area (Å²) >= 11 is 0. The van der Waals surface area contributed by atoms with Crippen LogP contribution >= 0.6 is 0 Å². The Morgan fingerprint density at radius 2 is 2.12 bits per heavy atom. The van der Waals surface area contributed by atoms with Crippen molar-refractivity contribution in [2.75, 3.05) is 5.32 Å². The molecule has 8 heteroatoms. The predicted octanol–water partition coefficient (Wildman–Crippen LogP) is -3.74. The van der Waals surface area contributed by atoms with Crippen molar-refractivity contribution in [2.24, 2.45) is 5.92 Å². The fourth-order valence-corrected chi connectivity index (χ4v) is 3.93. The number of hydrogen-bond acceptors (Lipinski definition) is 5. The molecule has 0 aromatic heterocycles. The Morgan fingerprint density at radius 1 is 1.40 bits per heavy atom. The Morgan fingerprint density at radius 3 is 2.76 bits per heavy atom. The van der Waals surface area contributed by atoms with Gasteiger partial charge in [0.25, 0.3) is 0 Å². The Bertz CT molecular complexity index is 832. The van der Waals surface area contributed by atoms with E-state index in [1.54, 1.807) is 18.2 Å². The van der Waals surface area contributed by atoms with Crippen LogP contribution in [0.15, 0.2) is 23.9 Å². The standard InChI is InChI=1S/C17H16N2O5.Na/c1-7(20)14-12-6-10(15(17(23)24)19(12)16(14)22)8-2-3-11-9(4-8)5-13(21)18-11;/h2-4,7,12,14,20H,5-6H2,1H3,(H,18,21)(H,23,24);/q;+1/p-1/t7-,12-,14-;/m1./s1. The molecular weight excluding hydrogens is 335 g/mol. The van der Waals surface area contributed by atoms with Crippen LogP contribution in [-0.4, -0.2) is 39.9 Å². The Kier molecular flexibility index (Phi) is 4.53. The van der Waals surface area contributed by atoms with E-state index < -0.39 is 18.0 Å². The third-order valence-corrected chi connectivity index (χ3v) is 5.00. The van der Waals surface area contributed by atoms with Gasteiger partial charge < -0.3 is 25.2 Å². The van der Waals surface area contributed by atoms with Crippen LogP contribution in [0, 0.1) is 5.92 Å². The molecule has 2 N–H and O–H groups in total. The summed E-state index contributed by atoms with van der Waals surface area (Å²) in [6.45, 7) is 1.53. The van der Waals surface area contributed by atoms with Gasteiger partial charge in [0.05, 0.1) is 36.2 Å². The smallest absolute Gasteiger partial charge is 0.543 e. The number of nitrogens with zero attached hydrogens (tertiary/aromatic N) is 1. The number of amides is 2. The molecule has 0 unspecified atom stereocenters. The second-order valence-corrected chi connectivity index (χ2v) is 6.46. The van der Waals surface area contributed by atoms with Crippen molar-refractivity contribution >= 4 is 29.0 Å². The number of β-lactam (4-membered cyclic amide) rings is 1. The number of aliphatic hydroxyl groups excluding tert-OH is 1. The Hall–Kier alpha value is -1.67. The summed E-state index contributed by atoms with van der Waals surface area (Å²) in [5, 5.41) is 24.1. The summed E-state index contributed by atoms with van der Waals surface area (Å²) < 4.78 is 0. The maximum Gasteiger partial charge on any atom is 1.00 e. The number of carbonyl (C=O) groups excluding carboxylic acids is 3. The van der Waals surface area contributed by atoms with E-state index >= 15 is 0 Å². The molecule has 7 nitrogen and oxygen atoms in total. The molecule has 0 radical (unpaired) electrons. The van der Waals surface area contributed by atoms with Gasteiger partial charge in [-0.1, -0.05) is 6.07 Å². The van der Waals surface area contributed by atoms with Crippen LogP contribution in [0.5, 0.6) is 0 Å². The third kappa shape index (κ3) is 2.62. The van der Waals surface area contributed by atoms with Gasteiger partial charge in [-0.25, -0.2) is 0 Å². The zero-order valence-corrected chi connectivity index (χ0v) is 15.9. The molecule has 1 fully saturated rings. The zero-order valence-electron chi connectivity index (χ0n) is 13.9. The zero-order chi connectivity index (χ0) is 17.2. The molecule has 0 saturated carbocycles. The maximum absolute atomic E-state index is 12.2. The summed E-state index contributed by atoms with van der Waals surface area (Å²) in [6, 6.07) is 4.89. The van der Waals surface area contributed by atoms with E-state index in [0.717, 1.165) is 11.3 Å². The number of carbonyl (C=O) groups is 3. The molecule has 4 rings (SSSR count). The molecule has 0 bridgehead atoms. The summed E-state index contributed by atoms with van der Waals surface area (Å²) in [5.41, 5.74) is 2.57. The van der Waals surface area contributed by atoms with Crippen LogP contribution < -0.4 is 40.0 Å². The Balaban J connectivity index is 0.00000182. The van der Waals surface area contributed by atoms with Crippen molar-refractivity contribution < 1.29 is 54.2 Å². The number of carboxylic acid groups (broad SMARTS) is 1. The van der Waals surface area contributed by atoms with Crippen molar-refractivity contribution in [2.45, 2.75) is 31.9 Å². The molecule has 0 aliphatic carbocycles. The first-order valence-electron chi connectivity index (χ1n) is 7.77. The number of benzene rings is 1. The molecule has 124 valence electrons. The van der Waals surface area contributed by atoms with Crippen LogP contribution in [0.3, 0.4) is 0 Å². The number of hydrogen-bond donors (Lipinski definition) is 2. The Labute approximate surface area is 166 Å². The molecular formula is C17H15N2NaO5. The average molecular weight is 350 g/mol. The van der Waals surface area contributed by atoms with E-state index in [2.05, 4.69) is 5.32 Å². The minimum absolute atomic E-state index is 0. The van der Waals surface area contributed by atoms with E-state index in [9.17, 15) is 24.6 Å².